The lowest BCUT2D eigenvalue weighted by atomic mass is 10.9. The maximum Gasteiger partial charge on any atom is 0.679 e. The molecule has 0 aliphatic carbocycles. The van der Waals surface area contributed by atoms with Crippen LogP contribution in [0.2, 0.25) is 0 Å². The van der Waals surface area contributed by atoms with Crippen molar-refractivity contribution in [1.29, 1.82) is 0 Å². The molecule has 0 spiro atoms. The zero-order chi connectivity index (χ0) is 9.45. The Morgan fingerprint density at radius 3 is 1.33 bits per heavy atom. The van der Waals surface area contributed by atoms with Crippen LogP contribution in [0.4, 0.5) is 0 Å². The summed E-state index contributed by atoms with van der Waals surface area (Å²) in [5, 5.41) is 0. The van der Waals surface area contributed by atoms with Crippen molar-refractivity contribution in [1.82, 2.24) is 0 Å². The van der Waals surface area contributed by atoms with Crippen molar-refractivity contribution in [2.24, 2.45) is 0 Å². The summed E-state index contributed by atoms with van der Waals surface area (Å²) in [6, 6.07) is 0. The van der Waals surface area contributed by atoms with E-state index in [2.05, 4.69) is 0 Å². The lowest BCUT2D eigenvalue weighted by molar-refractivity contribution is -0.0141. The second-order valence-corrected chi connectivity index (χ2v) is 4.28. The first-order valence-electron chi connectivity index (χ1n) is 4.21. The first-order chi connectivity index (χ1) is 5.74. The van der Waals surface area contributed by atoms with Crippen molar-refractivity contribution in [2.75, 3.05) is 26.9 Å². The normalized spacial score (nSPS) is 12.0. The van der Waals surface area contributed by atoms with Gasteiger partial charge in [-0.25, -0.2) is 0 Å². The first kappa shape index (κ1) is 12.1. The summed E-state index contributed by atoms with van der Waals surface area (Å²) >= 11 is 0. The van der Waals surface area contributed by atoms with Gasteiger partial charge in [0.15, 0.2) is 0 Å². The Labute approximate surface area is 75.3 Å². The number of rotatable bonds is 7. The Hall–Kier alpha value is 0.0569. The molecule has 0 aliphatic rings. The predicted molar refractivity (Wildman–Crippen MR) is 47.6 cm³/mol. The number of hydrogen-bond donors (Lipinski definition) is 0. The molecule has 0 N–H and O–H groups in total. The van der Waals surface area contributed by atoms with E-state index in [1.807, 2.05) is 20.8 Å². The summed E-state index contributed by atoms with van der Waals surface area (Å²) in [5.41, 5.74) is 0. The Kier molecular flexibility index (Phi) is 6.59. The van der Waals surface area contributed by atoms with E-state index >= 15 is 0 Å². The molecule has 0 saturated carbocycles. The van der Waals surface area contributed by atoms with E-state index in [0.717, 1.165) is 0 Å². The van der Waals surface area contributed by atoms with Gasteiger partial charge in [0.2, 0.25) is 0 Å². The first-order valence-corrected chi connectivity index (χ1v) is 5.85. The van der Waals surface area contributed by atoms with Crippen molar-refractivity contribution in [3.63, 3.8) is 0 Å². The van der Waals surface area contributed by atoms with Crippen LogP contribution in [0.1, 0.15) is 20.8 Å². The third-order valence-electron chi connectivity index (χ3n) is 1.21. The van der Waals surface area contributed by atoms with Crippen molar-refractivity contribution in [2.45, 2.75) is 20.8 Å². The fourth-order valence-corrected chi connectivity index (χ4v) is 2.50. The molecule has 74 valence electrons. The van der Waals surface area contributed by atoms with E-state index < -0.39 is 9.05 Å². The summed E-state index contributed by atoms with van der Waals surface area (Å²) < 4.78 is 21.1. The highest BCUT2D eigenvalue weighted by atomic mass is 28.4. The van der Waals surface area contributed by atoms with Crippen LogP contribution in [-0.2, 0) is 17.7 Å². The Balaban J connectivity index is 4.06. The SMILES string of the molecule is CCO[Si](OC)(OCC)OCC. The van der Waals surface area contributed by atoms with Crippen LogP contribution in [-0.4, -0.2) is 36.0 Å². The Morgan fingerprint density at radius 1 is 0.833 bits per heavy atom. The summed E-state index contributed by atoms with van der Waals surface area (Å²) in [6.45, 7) is 7.29. The van der Waals surface area contributed by atoms with Gasteiger partial charge >= 0.3 is 9.05 Å². The maximum absolute atomic E-state index is 5.33. The van der Waals surface area contributed by atoms with E-state index in [4.69, 9.17) is 17.7 Å². The summed E-state index contributed by atoms with van der Waals surface area (Å²) in [5.74, 6) is 0. The highest BCUT2D eigenvalue weighted by Gasteiger charge is 2.43. The van der Waals surface area contributed by atoms with Crippen LogP contribution in [0.25, 0.3) is 0 Å². The largest absolute Gasteiger partial charge is 0.679 e. The van der Waals surface area contributed by atoms with Crippen molar-refractivity contribution >= 4 is 9.05 Å². The lowest BCUT2D eigenvalue weighted by Crippen LogP contribution is -2.48. The van der Waals surface area contributed by atoms with Crippen LogP contribution in [0, 0.1) is 0 Å². The molecule has 0 aromatic carbocycles. The van der Waals surface area contributed by atoms with Gasteiger partial charge in [-0.15, -0.1) is 0 Å². The molecule has 0 saturated heterocycles. The van der Waals surface area contributed by atoms with Gasteiger partial charge in [0.05, 0.1) is 0 Å². The third kappa shape index (κ3) is 3.64. The molecule has 0 amide bonds. The predicted octanol–water partition coefficient (Wildman–Crippen LogP) is 1.18. The number of hydrogen-bond acceptors (Lipinski definition) is 4. The van der Waals surface area contributed by atoms with Crippen LogP contribution in [0.5, 0.6) is 0 Å². The fraction of sp³-hybridized carbons (Fsp3) is 1.00. The lowest BCUT2D eigenvalue weighted by Gasteiger charge is -2.24. The van der Waals surface area contributed by atoms with Gasteiger partial charge in [-0.2, -0.15) is 0 Å². The van der Waals surface area contributed by atoms with E-state index in [-0.39, 0.29) is 0 Å². The van der Waals surface area contributed by atoms with Gasteiger partial charge < -0.3 is 17.7 Å². The second kappa shape index (κ2) is 6.56. The minimum absolute atomic E-state index is 0.542. The van der Waals surface area contributed by atoms with Crippen molar-refractivity contribution in [3.8, 4) is 0 Å². The minimum Gasteiger partial charge on any atom is -0.355 e. The molecule has 0 atom stereocenters. The molecule has 0 aliphatic heterocycles. The van der Waals surface area contributed by atoms with Gasteiger partial charge in [0, 0.05) is 26.9 Å². The highest BCUT2D eigenvalue weighted by molar-refractivity contribution is 6.53. The van der Waals surface area contributed by atoms with E-state index in [1.165, 1.54) is 0 Å². The van der Waals surface area contributed by atoms with Crippen LogP contribution in [0.3, 0.4) is 0 Å². The van der Waals surface area contributed by atoms with Gasteiger partial charge in [-0.1, -0.05) is 0 Å². The molecule has 12 heavy (non-hydrogen) atoms. The van der Waals surface area contributed by atoms with E-state index in [0.29, 0.717) is 19.8 Å². The molecular weight excluding hydrogens is 176 g/mol. The monoisotopic (exact) mass is 194 g/mol. The highest BCUT2D eigenvalue weighted by Crippen LogP contribution is 2.09. The van der Waals surface area contributed by atoms with Gasteiger partial charge in [-0.3, -0.25) is 0 Å². The molecule has 0 rings (SSSR count). The zero-order valence-corrected chi connectivity index (χ0v) is 9.25. The standard InChI is InChI=1S/C7H18O4Si/c1-5-9-12(8-4,10-6-2)11-7-3/h5-7H2,1-4H3. The van der Waals surface area contributed by atoms with Gasteiger partial charge in [-0.05, 0) is 20.8 Å². The van der Waals surface area contributed by atoms with Gasteiger partial charge in [0.25, 0.3) is 0 Å². The molecule has 0 fully saturated rings. The summed E-state index contributed by atoms with van der Waals surface area (Å²) in [6.07, 6.45) is 0. The van der Waals surface area contributed by atoms with Crippen LogP contribution in [0.15, 0.2) is 0 Å². The van der Waals surface area contributed by atoms with E-state index in [9.17, 15) is 0 Å². The maximum atomic E-state index is 5.33. The van der Waals surface area contributed by atoms with Crippen molar-refractivity contribution < 1.29 is 17.7 Å². The molecule has 0 heterocycles. The molecule has 0 radical (unpaired) electrons. The van der Waals surface area contributed by atoms with E-state index in [1.54, 1.807) is 7.11 Å². The molecule has 0 aromatic heterocycles. The fourth-order valence-electron chi connectivity index (χ4n) is 0.832. The molecule has 4 nitrogen and oxygen atoms in total. The second-order valence-electron chi connectivity index (χ2n) is 2.00. The van der Waals surface area contributed by atoms with Crippen LogP contribution >= 0.6 is 0 Å². The van der Waals surface area contributed by atoms with Crippen molar-refractivity contribution in [3.05, 3.63) is 0 Å². The minimum atomic E-state index is -2.77. The Morgan fingerprint density at radius 2 is 1.17 bits per heavy atom. The summed E-state index contributed by atoms with van der Waals surface area (Å²) in [4.78, 5) is 0. The zero-order valence-electron chi connectivity index (χ0n) is 8.25. The van der Waals surface area contributed by atoms with Crippen LogP contribution < -0.4 is 0 Å². The molecule has 0 unspecified atom stereocenters. The Bertz CT molecular complexity index is 92.6. The molecule has 0 bridgehead atoms. The average Bonchev–Trinajstić information content (AvgIpc) is 2.06. The average molecular weight is 194 g/mol. The third-order valence-corrected chi connectivity index (χ3v) is 3.64. The molecule has 5 heteroatoms. The smallest absolute Gasteiger partial charge is 0.355 e. The summed E-state index contributed by atoms with van der Waals surface area (Å²) in [7, 11) is -1.22. The quantitative estimate of drug-likeness (QED) is 0.570. The van der Waals surface area contributed by atoms with Gasteiger partial charge in [0.1, 0.15) is 0 Å². The topological polar surface area (TPSA) is 36.9 Å². The molecular formula is C7H18O4Si. The molecule has 0 aromatic rings.